The number of aromatic amines is 1. The zero-order valence-electron chi connectivity index (χ0n) is 16.1. The third-order valence-electron chi connectivity index (χ3n) is 7.28. The molecule has 2 aromatic heterocycles. The van der Waals surface area contributed by atoms with Gasteiger partial charge >= 0.3 is 0 Å². The van der Waals surface area contributed by atoms with Crippen molar-refractivity contribution < 1.29 is 4.79 Å². The number of hydrogen-bond donors (Lipinski definition) is 2. The molecule has 0 spiro atoms. The molecule has 5 nitrogen and oxygen atoms in total. The summed E-state index contributed by atoms with van der Waals surface area (Å²) in [6.45, 7) is 0. The van der Waals surface area contributed by atoms with Crippen LogP contribution < -0.4 is 5.32 Å². The Morgan fingerprint density at radius 3 is 2.72 bits per heavy atom. The zero-order valence-corrected chi connectivity index (χ0v) is 16.9. The third-order valence-corrected chi connectivity index (χ3v) is 7.52. The highest BCUT2D eigenvalue weighted by Crippen LogP contribution is 2.61. The number of hydrogen-bond acceptors (Lipinski definition) is 3. The first kappa shape index (κ1) is 17.5. The molecule has 1 amide bonds. The maximum atomic E-state index is 12.9. The average molecular weight is 407 g/mol. The molecule has 4 aliphatic carbocycles. The molecule has 2 unspecified atom stereocenters. The number of fused-ring (bicyclic) bond motifs is 1. The van der Waals surface area contributed by atoms with Crippen LogP contribution in [0.4, 0.5) is 0 Å². The van der Waals surface area contributed by atoms with Crippen molar-refractivity contribution in [2.24, 2.45) is 11.8 Å². The van der Waals surface area contributed by atoms with Gasteiger partial charge in [-0.05, 0) is 80.7 Å². The summed E-state index contributed by atoms with van der Waals surface area (Å²) in [7, 11) is 0. The fourth-order valence-corrected chi connectivity index (χ4v) is 6.88. The molecule has 0 radical (unpaired) electrons. The van der Waals surface area contributed by atoms with Crippen molar-refractivity contribution in [1.82, 2.24) is 20.3 Å². The molecule has 2 heterocycles. The summed E-state index contributed by atoms with van der Waals surface area (Å²) in [5.74, 6) is 2.29. The molecule has 7 rings (SSSR count). The molecular formula is C23H23ClN4O. The number of H-pyrrole nitrogens is 1. The first-order valence-corrected chi connectivity index (χ1v) is 10.8. The molecule has 3 aromatic rings. The van der Waals surface area contributed by atoms with E-state index in [0.717, 1.165) is 49.0 Å². The maximum Gasteiger partial charge on any atom is 0.270 e. The number of carbonyl (C=O) groups is 1. The summed E-state index contributed by atoms with van der Waals surface area (Å²) in [5, 5.41) is 4.12. The molecule has 0 saturated heterocycles. The van der Waals surface area contributed by atoms with Gasteiger partial charge in [-0.15, -0.1) is 0 Å². The molecule has 29 heavy (non-hydrogen) atoms. The van der Waals surface area contributed by atoms with E-state index in [4.69, 9.17) is 16.6 Å². The Morgan fingerprint density at radius 2 is 1.97 bits per heavy atom. The standard InChI is InChI=1S/C23H23ClN4O/c24-16-4-5-17-19(8-16)27-21(26-17)22-9-14-7-15(10-22)12-23(11-14,13-22)28-20(29)18-3-1-2-6-25-18/h1-6,8,14-15H,7,9-13H2,(H,26,27)(H,28,29). The maximum absolute atomic E-state index is 12.9. The van der Waals surface area contributed by atoms with E-state index >= 15 is 0 Å². The van der Waals surface area contributed by atoms with Crippen molar-refractivity contribution in [2.45, 2.75) is 49.5 Å². The van der Waals surface area contributed by atoms with E-state index < -0.39 is 0 Å². The number of amides is 1. The number of halogens is 1. The number of rotatable bonds is 3. The second-order valence-corrected chi connectivity index (χ2v) is 9.87. The quantitative estimate of drug-likeness (QED) is 0.666. The van der Waals surface area contributed by atoms with Crippen molar-refractivity contribution >= 4 is 28.5 Å². The summed E-state index contributed by atoms with van der Waals surface area (Å²) >= 11 is 6.18. The van der Waals surface area contributed by atoms with Crippen LogP contribution in [-0.2, 0) is 5.41 Å². The van der Waals surface area contributed by atoms with Crippen LogP contribution in [-0.4, -0.2) is 26.4 Å². The highest BCUT2D eigenvalue weighted by atomic mass is 35.5. The molecular weight excluding hydrogens is 384 g/mol. The van der Waals surface area contributed by atoms with Crippen LogP contribution in [0.15, 0.2) is 42.6 Å². The molecule has 148 valence electrons. The second kappa shape index (κ2) is 6.05. The minimum Gasteiger partial charge on any atom is -0.345 e. The van der Waals surface area contributed by atoms with E-state index in [1.807, 2.05) is 30.3 Å². The fraction of sp³-hybridized carbons (Fsp3) is 0.435. The summed E-state index contributed by atoms with van der Waals surface area (Å²) in [6, 6.07) is 11.3. The molecule has 2 N–H and O–H groups in total. The normalized spacial score (nSPS) is 32.6. The van der Waals surface area contributed by atoms with Gasteiger partial charge in [0.25, 0.3) is 5.91 Å². The number of nitrogens with one attached hydrogen (secondary N) is 2. The van der Waals surface area contributed by atoms with Crippen molar-refractivity contribution in [3.05, 3.63) is 59.1 Å². The van der Waals surface area contributed by atoms with E-state index in [0.29, 0.717) is 22.6 Å². The smallest absolute Gasteiger partial charge is 0.270 e. The molecule has 0 aliphatic heterocycles. The van der Waals surface area contributed by atoms with Gasteiger partial charge in [0.05, 0.1) is 11.0 Å². The van der Waals surface area contributed by atoms with Crippen molar-refractivity contribution in [2.75, 3.05) is 0 Å². The SMILES string of the molecule is O=C(NC12CC3CC(C1)CC(c1nc4cc(Cl)ccc4[nH]1)(C3)C2)c1ccccn1. The highest BCUT2D eigenvalue weighted by Gasteiger charge is 2.59. The largest absolute Gasteiger partial charge is 0.345 e. The molecule has 1 aromatic carbocycles. The summed E-state index contributed by atoms with van der Waals surface area (Å²) < 4.78 is 0. The van der Waals surface area contributed by atoms with Crippen LogP contribution in [0.1, 0.15) is 54.8 Å². The lowest BCUT2D eigenvalue weighted by Gasteiger charge is -2.61. The first-order chi connectivity index (χ1) is 14.0. The van der Waals surface area contributed by atoms with Crippen LogP contribution in [0.2, 0.25) is 5.02 Å². The lowest BCUT2D eigenvalue weighted by molar-refractivity contribution is -0.0402. The molecule has 4 saturated carbocycles. The number of carbonyl (C=O) groups excluding carboxylic acids is 1. The van der Waals surface area contributed by atoms with Crippen molar-refractivity contribution in [1.29, 1.82) is 0 Å². The van der Waals surface area contributed by atoms with Gasteiger partial charge in [0.2, 0.25) is 0 Å². The van der Waals surface area contributed by atoms with Crippen LogP contribution in [0.5, 0.6) is 0 Å². The average Bonchev–Trinajstić information content (AvgIpc) is 3.11. The van der Waals surface area contributed by atoms with Crippen LogP contribution in [0.25, 0.3) is 11.0 Å². The zero-order chi connectivity index (χ0) is 19.6. The van der Waals surface area contributed by atoms with Gasteiger partial charge in [-0.1, -0.05) is 17.7 Å². The number of imidazole rings is 1. The van der Waals surface area contributed by atoms with Gasteiger partial charge in [-0.25, -0.2) is 4.98 Å². The predicted octanol–water partition coefficient (Wildman–Crippen LogP) is 4.63. The number of pyridine rings is 1. The van der Waals surface area contributed by atoms with Crippen molar-refractivity contribution in [3.8, 4) is 0 Å². The Morgan fingerprint density at radius 1 is 1.14 bits per heavy atom. The first-order valence-electron chi connectivity index (χ1n) is 10.4. The summed E-state index contributed by atoms with van der Waals surface area (Å²) in [4.78, 5) is 25.7. The second-order valence-electron chi connectivity index (χ2n) is 9.44. The Kier molecular flexibility index (Phi) is 3.64. The summed E-state index contributed by atoms with van der Waals surface area (Å²) in [5.41, 5.74) is 2.31. The van der Waals surface area contributed by atoms with Crippen LogP contribution >= 0.6 is 11.6 Å². The molecule has 2 atom stereocenters. The van der Waals surface area contributed by atoms with E-state index in [2.05, 4.69) is 15.3 Å². The Labute approximate surface area is 174 Å². The van der Waals surface area contributed by atoms with E-state index in [9.17, 15) is 4.79 Å². The predicted molar refractivity (Wildman–Crippen MR) is 112 cm³/mol. The van der Waals surface area contributed by atoms with Crippen LogP contribution in [0, 0.1) is 11.8 Å². The fourth-order valence-electron chi connectivity index (χ4n) is 6.72. The molecule has 4 bridgehead atoms. The summed E-state index contributed by atoms with van der Waals surface area (Å²) in [6.07, 6.45) is 8.33. The Balaban J connectivity index is 1.37. The molecule has 6 heteroatoms. The number of nitrogens with zero attached hydrogens (tertiary/aromatic N) is 2. The lowest BCUT2D eigenvalue weighted by atomic mass is 9.46. The molecule has 4 fully saturated rings. The van der Waals surface area contributed by atoms with Gasteiger partial charge in [-0.3, -0.25) is 9.78 Å². The molecule has 4 aliphatic rings. The topological polar surface area (TPSA) is 70.7 Å². The minimum atomic E-state index is -0.157. The van der Waals surface area contributed by atoms with E-state index in [-0.39, 0.29) is 16.9 Å². The van der Waals surface area contributed by atoms with Gasteiger partial charge in [-0.2, -0.15) is 0 Å². The van der Waals surface area contributed by atoms with Gasteiger partial charge in [0, 0.05) is 22.2 Å². The Hall–Kier alpha value is -2.40. The monoisotopic (exact) mass is 406 g/mol. The van der Waals surface area contributed by atoms with Crippen molar-refractivity contribution in [3.63, 3.8) is 0 Å². The van der Waals surface area contributed by atoms with E-state index in [1.165, 1.54) is 6.42 Å². The Bertz CT molecular complexity index is 1090. The van der Waals surface area contributed by atoms with E-state index in [1.54, 1.807) is 12.3 Å². The van der Waals surface area contributed by atoms with Gasteiger partial charge < -0.3 is 10.3 Å². The van der Waals surface area contributed by atoms with Gasteiger partial charge in [0.1, 0.15) is 11.5 Å². The minimum absolute atomic E-state index is 0.00692. The lowest BCUT2D eigenvalue weighted by Crippen LogP contribution is -2.64. The van der Waals surface area contributed by atoms with Crippen LogP contribution in [0.3, 0.4) is 0 Å². The number of benzene rings is 1. The van der Waals surface area contributed by atoms with Gasteiger partial charge in [0.15, 0.2) is 0 Å². The third kappa shape index (κ3) is 2.78. The number of aromatic nitrogens is 3. The highest BCUT2D eigenvalue weighted by molar-refractivity contribution is 6.31.